The number of fused-ring (bicyclic) bond motifs is 1. The van der Waals surface area contributed by atoms with Crippen LogP contribution in [0, 0.1) is 11.8 Å². The van der Waals surface area contributed by atoms with Crippen molar-refractivity contribution in [3.8, 4) is 0 Å². The molecule has 0 saturated carbocycles. The van der Waals surface area contributed by atoms with E-state index in [0.29, 0.717) is 5.57 Å². The van der Waals surface area contributed by atoms with E-state index < -0.39 is 67.1 Å². The Labute approximate surface area is 208 Å². The summed E-state index contributed by atoms with van der Waals surface area (Å²) in [5.74, 6) is -3.14. The Balaban J connectivity index is 1.87. The van der Waals surface area contributed by atoms with Gasteiger partial charge in [-0.3, -0.25) is 19.2 Å². The number of ketones is 1. The van der Waals surface area contributed by atoms with Gasteiger partial charge in [0.25, 0.3) is 0 Å². The van der Waals surface area contributed by atoms with Gasteiger partial charge in [0.1, 0.15) is 18.8 Å². The van der Waals surface area contributed by atoms with E-state index in [-0.39, 0.29) is 24.9 Å². The molecule has 0 N–H and O–H groups in total. The van der Waals surface area contributed by atoms with Gasteiger partial charge >= 0.3 is 17.9 Å². The van der Waals surface area contributed by atoms with Gasteiger partial charge in [0.2, 0.25) is 0 Å². The molecule has 2 fully saturated rings. The molecule has 2 heterocycles. The molecule has 0 amide bonds. The van der Waals surface area contributed by atoms with E-state index >= 15 is 0 Å². The van der Waals surface area contributed by atoms with Crippen LogP contribution in [0.5, 0.6) is 0 Å². The Bertz CT molecular complexity index is 870. The van der Waals surface area contributed by atoms with E-state index in [1.807, 2.05) is 0 Å². The number of Topliss-reactive ketones (excluding diaryl/α,β-unsaturated/α-hetero) is 1. The molecule has 13 heteroatoms. The molecule has 36 heavy (non-hydrogen) atoms. The van der Waals surface area contributed by atoms with Crippen molar-refractivity contribution in [2.24, 2.45) is 11.8 Å². The first-order chi connectivity index (χ1) is 17.1. The van der Waals surface area contributed by atoms with Crippen LogP contribution in [0.1, 0.15) is 20.8 Å². The summed E-state index contributed by atoms with van der Waals surface area (Å²) in [7, 11) is 4.23. The lowest BCUT2D eigenvalue weighted by molar-refractivity contribution is -0.305. The van der Waals surface area contributed by atoms with Gasteiger partial charge in [-0.05, 0) is 0 Å². The third-order valence-corrected chi connectivity index (χ3v) is 6.08. The monoisotopic (exact) mass is 516 g/mol. The first kappa shape index (κ1) is 28.2. The highest BCUT2D eigenvalue weighted by molar-refractivity contribution is 6.00. The van der Waals surface area contributed by atoms with Gasteiger partial charge in [0.05, 0.1) is 12.5 Å². The topological polar surface area (TPSA) is 151 Å². The normalized spacial score (nSPS) is 35.7. The Morgan fingerprint density at radius 3 is 1.97 bits per heavy atom. The Morgan fingerprint density at radius 2 is 1.42 bits per heavy atom. The molecule has 4 unspecified atom stereocenters. The van der Waals surface area contributed by atoms with Crippen molar-refractivity contribution < 1.29 is 61.8 Å². The number of methoxy groups -OCH3 is 3. The van der Waals surface area contributed by atoms with Gasteiger partial charge in [-0.25, -0.2) is 0 Å². The molecule has 2 saturated heterocycles. The van der Waals surface area contributed by atoms with Crippen LogP contribution in [0.4, 0.5) is 0 Å². The second-order valence-corrected chi connectivity index (χ2v) is 8.51. The zero-order valence-corrected chi connectivity index (χ0v) is 21.0. The number of carbonyl (C=O) groups is 4. The summed E-state index contributed by atoms with van der Waals surface area (Å²) in [4.78, 5) is 48.3. The fourth-order valence-electron chi connectivity index (χ4n) is 4.63. The van der Waals surface area contributed by atoms with E-state index in [0.717, 1.165) is 0 Å². The number of carbonyl (C=O) groups excluding carboxylic acids is 4. The maximum atomic E-state index is 13.1. The first-order valence-electron chi connectivity index (χ1n) is 11.3. The third kappa shape index (κ3) is 6.10. The SMILES string of the molecule is COC1OC(OC)C2C(=O)C(CO[C@H]3[C@@H](OC(C)=O)[C@@H](COC(C)=O)O[C@@H](OC)[C@@H]3OC(C)=O)=CC12. The third-order valence-electron chi connectivity index (χ3n) is 6.08. The molecule has 0 aromatic heterocycles. The van der Waals surface area contributed by atoms with Crippen LogP contribution in [0.3, 0.4) is 0 Å². The average molecular weight is 516 g/mol. The van der Waals surface area contributed by atoms with E-state index in [1.165, 1.54) is 42.1 Å². The lowest BCUT2D eigenvalue weighted by Crippen LogP contribution is -2.62. The summed E-state index contributed by atoms with van der Waals surface area (Å²) in [6, 6.07) is 0. The number of ether oxygens (including phenoxy) is 9. The van der Waals surface area contributed by atoms with Crippen LogP contribution in [-0.2, 0) is 61.8 Å². The molecule has 9 atom stereocenters. The van der Waals surface area contributed by atoms with Gasteiger partial charge in [0.15, 0.2) is 36.9 Å². The molecule has 13 nitrogen and oxygen atoms in total. The van der Waals surface area contributed by atoms with Crippen LogP contribution >= 0.6 is 0 Å². The van der Waals surface area contributed by atoms with Crippen LogP contribution in [0.25, 0.3) is 0 Å². The second kappa shape index (κ2) is 12.2. The minimum atomic E-state index is -1.16. The maximum absolute atomic E-state index is 13.1. The van der Waals surface area contributed by atoms with Gasteiger partial charge in [-0.15, -0.1) is 0 Å². The van der Waals surface area contributed by atoms with Gasteiger partial charge in [0, 0.05) is 53.6 Å². The molecule has 2 aliphatic heterocycles. The molecule has 0 bridgehead atoms. The first-order valence-corrected chi connectivity index (χ1v) is 11.3. The fraction of sp³-hybridized carbons (Fsp3) is 0.739. The van der Waals surface area contributed by atoms with Crippen LogP contribution < -0.4 is 0 Å². The van der Waals surface area contributed by atoms with E-state index in [1.54, 1.807) is 6.08 Å². The molecule has 0 radical (unpaired) electrons. The summed E-state index contributed by atoms with van der Waals surface area (Å²) in [5.41, 5.74) is 0.331. The number of hydrogen-bond acceptors (Lipinski definition) is 13. The molecule has 3 aliphatic rings. The van der Waals surface area contributed by atoms with E-state index in [9.17, 15) is 19.2 Å². The highest BCUT2D eigenvalue weighted by Crippen LogP contribution is 2.42. The Morgan fingerprint density at radius 1 is 0.806 bits per heavy atom. The largest absolute Gasteiger partial charge is 0.463 e. The van der Waals surface area contributed by atoms with Crippen molar-refractivity contribution in [3.05, 3.63) is 11.6 Å². The number of hydrogen-bond donors (Lipinski definition) is 0. The smallest absolute Gasteiger partial charge is 0.303 e. The molecular formula is C23H32O13. The molecule has 0 spiro atoms. The van der Waals surface area contributed by atoms with Crippen molar-refractivity contribution in [1.82, 2.24) is 0 Å². The van der Waals surface area contributed by atoms with Crippen molar-refractivity contribution in [2.75, 3.05) is 34.5 Å². The summed E-state index contributed by atoms with van der Waals surface area (Å²) in [5, 5.41) is 0. The summed E-state index contributed by atoms with van der Waals surface area (Å²) in [6.45, 7) is 3.09. The predicted octanol–water partition coefficient (Wildman–Crippen LogP) is -0.114. The highest BCUT2D eigenvalue weighted by Gasteiger charge is 2.54. The molecule has 1 aliphatic carbocycles. The zero-order valence-electron chi connectivity index (χ0n) is 21.0. The van der Waals surface area contributed by atoms with Crippen molar-refractivity contribution in [1.29, 1.82) is 0 Å². The molecule has 202 valence electrons. The quantitative estimate of drug-likeness (QED) is 0.281. The summed E-state index contributed by atoms with van der Waals surface area (Å²) < 4.78 is 49.3. The van der Waals surface area contributed by atoms with Gasteiger partial charge < -0.3 is 42.6 Å². The van der Waals surface area contributed by atoms with Crippen LogP contribution in [-0.4, -0.2) is 102 Å². The molecule has 3 rings (SSSR count). The average Bonchev–Trinajstić information content (AvgIpc) is 3.33. The lowest BCUT2D eigenvalue weighted by Gasteiger charge is -2.44. The predicted molar refractivity (Wildman–Crippen MR) is 116 cm³/mol. The van der Waals surface area contributed by atoms with Crippen molar-refractivity contribution in [3.63, 3.8) is 0 Å². The van der Waals surface area contributed by atoms with E-state index in [2.05, 4.69) is 0 Å². The number of rotatable bonds is 10. The maximum Gasteiger partial charge on any atom is 0.303 e. The Kier molecular flexibility index (Phi) is 9.55. The molecular weight excluding hydrogens is 484 g/mol. The minimum Gasteiger partial charge on any atom is -0.463 e. The fourth-order valence-corrected chi connectivity index (χ4v) is 4.63. The standard InChI is InChI=1S/C23H32O13/c1-10(24)31-9-15-18(33-11(2)25)19(20(34-12(3)26)23(30-6)35-15)32-8-13-7-14-16(17(13)27)22(29-5)36-21(14)28-4/h7,14-16,18-23H,8-9H2,1-6H3/t14?,15-,16?,18+,19+,20-,21?,22?,23-/m1/s1. The minimum absolute atomic E-state index is 0.213. The van der Waals surface area contributed by atoms with Crippen molar-refractivity contribution >= 4 is 23.7 Å². The highest BCUT2D eigenvalue weighted by atomic mass is 16.8. The number of esters is 3. The molecule has 0 aromatic rings. The van der Waals surface area contributed by atoms with Gasteiger partial charge in [-0.1, -0.05) is 6.08 Å². The van der Waals surface area contributed by atoms with Crippen molar-refractivity contribution in [2.45, 2.75) is 64.1 Å². The van der Waals surface area contributed by atoms with Crippen LogP contribution in [0.2, 0.25) is 0 Å². The van der Waals surface area contributed by atoms with Crippen LogP contribution in [0.15, 0.2) is 11.6 Å². The zero-order chi connectivity index (χ0) is 26.6. The lowest BCUT2D eigenvalue weighted by atomic mass is 9.96. The summed E-state index contributed by atoms with van der Waals surface area (Å²) >= 11 is 0. The second-order valence-electron chi connectivity index (χ2n) is 8.51. The van der Waals surface area contributed by atoms with E-state index in [4.69, 9.17) is 42.6 Å². The van der Waals surface area contributed by atoms with Gasteiger partial charge in [-0.2, -0.15) is 0 Å². The Hall–Kier alpha value is -2.42. The summed E-state index contributed by atoms with van der Waals surface area (Å²) in [6.07, 6.45) is -5.33. The molecule has 0 aromatic carbocycles.